The van der Waals surface area contributed by atoms with Crippen molar-refractivity contribution in [2.45, 2.75) is 31.7 Å². The van der Waals surface area contributed by atoms with Gasteiger partial charge < -0.3 is 16.2 Å². The van der Waals surface area contributed by atoms with Crippen molar-refractivity contribution in [2.75, 3.05) is 7.05 Å². The number of aliphatic carboxylic acids is 1. The van der Waals surface area contributed by atoms with Gasteiger partial charge in [-0.1, -0.05) is 12.8 Å². The van der Waals surface area contributed by atoms with Gasteiger partial charge >= 0.3 is 5.97 Å². The van der Waals surface area contributed by atoms with E-state index < -0.39 is 5.97 Å². The third-order valence-corrected chi connectivity index (χ3v) is 2.66. The molecule has 0 radical (unpaired) electrons. The van der Waals surface area contributed by atoms with Crippen molar-refractivity contribution >= 4 is 11.9 Å². The lowest BCUT2D eigenvalue weighted by Gasteiger charge is -2.29. The summed E-state index contributed by atoms with van der Waals surface area (Å²) >= 11 is 0. The molecule has 0 saturated heterocycles. The molecule has 0 amide bonds. The Hall–Kier alpha value is -1.26. The summed E-state index contributed by atoms with van der Waals surface area (Å²) in [5.74, 6) is -0.752. The number of hydrogen-bond donors (Lipinski definition) is 3. The van der Waals surface area contributed by atoms with Crippen molar-refractivity contribution in [2.24, 2.45) is 16.6 Å². The molecule has 1 aliphatic rings. The van der Waals surface area contributed by atoms with Gasteiger partial charge in [0.05, 0.1) is 5.92 Å². The lowest BCUT2D eigenvalue weighted by Crippen LogP contribution is -2.47. The van der Waals surface area contributed by atoms with Crippen molar-refractivity contribution in [3.63, 3.8) is 0 Å². The van der Waals surface area contributed by atoms with E-state index in [1.54, 1.807) is 7.05 Å². The van der Waals surface area contributed by atoms with Crippen LogP contribution in [-0.4, -0.2) is 30.1 Å². The molecular formula is C9H17N3O2. The van der Waals surface area contributed by atoms with Gasteiger partial charge in [-0.15, -0.1) is 0 Å². The van der Waals surface area contributed by atoms with Gasteiger partial charge in [-0.2, -0.15) is 0 Å². The SMILES string of the molecule is CN=C(N)NC1CCCCC1C(=O)O. The summed E-state index contributed by atoms with van der Waals surface area (Å²) in [7, 11) is 1.58. The van der Waals surface area contributed by atoms with E-state index in [1.807, 2.05) is 0 Å². The third-order valence-electron chi connectivity index (χ3n) is 2.66. The summed E-state index contributed by atoms with van der Waals surface area (Å²) in [5, 5.41) is 11.9. The van der Waals surface area contributed by atoms with Crippen LogP contribution in [0.4, 0.5) is 0 Å². The molecule has 0 aliphatic heterocycles. The highest BCUT2D eigenvalue weighted by molar-refractivity contribution is 5.79. The van der Waals surface area contributed by atoms with Gasteiger partial charge in [0, 0.05) is 13.1 Å². The fraction of sp³-hybridized carbons (Fsp3) is 0.778. The van der Waals surface area contributed by atoms with Gasteiger partial charge in [0.25, 0.3) is 0 Å². The van der Waals surface area contributed by atoms with E-state index in [2.05, 4.69) is 10.3 Å². The smallest absolute Gasteiger partial charge is 0.308 e. The van der Waals surface area contributed by atoms with Crippen LogP contribution in [0.1, 0.15) is 25.7 Å². The summed E-state index contributed by atoms with van der Waals surface area (Å²) < 4.78 is 0. The zero-order valence-corrected chi connectivity index (χ0v) is 8.36. The maximum absolute atomic E-state index is 10.9. The molecule has 0 aromatic carbocycles. The summed E-state index contributed by atoms with van der Waals surface area (Å²) in [6.07, 6.45) is 3.62. The number of carboxylic acid groups (broad SMARTS) is 1. The predicted molar refractivity (Wildman–Crippen MR) is 54.1 cm³/mol. The summed E-state index contributed by atoms with van der Waals surface area (Å²) in [4.78, 5) is 14.7. The first-order valence-electron chi connectivity index (χ1n) is 4.86. The van der Waals surface area contributed by atoms with Gasteiger partial charge in [0.15, 0.2) is 5.96 Å². The standard InChI is InChI=1S/C9H17N3O2/c1-11-9(10)12-7-5-3-2-4-6(7)8(13)14/h6-7H,2-5H2,1H3,(H,13,14)(H3,10,11,12). The molecule has 1 saturated carbocycles. The van der Waals surface area contributed by atoms with Gasteiger partial charge in [0.2, 0.25) is 0 Å². The predicted octanol–water partition coefficient (Wildman–Crippen LogP) is 0.164. The molecule has 2 atom stereocenters. The summed E-state index contributed by atoms with van der Waals surface area (Å²) in [6, 6.07) is -0.0649. The number of nitrogens with two attached hydrogens (primary N) is 1. The lowest BCUT2D eigenvalue weighted by atomic mass is 9.84. The van der Waals surface area contributed by atoms with Crippen LogP contribution >= 0.6 is 0 Å². The molecule has 0 heterocycles. The third kappa shape index (κ3) is 2.61. The number of carboxylic acids is 1. The van der Waals surface area contributed by atoms with Crippen molar-refractivity contribution in [1.29, 1.82) is 0 Å². The second-order valence-electron chi connectivity index (χ2n) is 3.59. The summed E-state index contributed by atoms with van der Waals surface area (Å²) in [6.45, 7) is 0. The molecule has 0 spiro atoms. The molecule has 0 aromatic heterocycles. The fourth-order valence-electron chi connectivity index (χ4n) is 1.85. The van der Waals surface area contributed by atoms with Gasteiger partial charge in [-0.05, 0) is 12.8 Å². The van der Waals surface area contributed by atoms with Gasteiger partial charge in [-0.25, -0.2) is 0 Å². The van der Waals surface area contributed by atoms with Gasteiger partial charge in [0.1, 0.15) is 0 Å². The quantitative estimate of drug-likeness (QED) is 0.437. The Bertz CT molecular complexity index is 240. The van der Waals surface area contributed by atoms with Crippen molar-refractivity contribution in [3.05, 3.63) is 0 Å². The number of guanidine groups is 1. The molecule has 0 aromatic rings. The van der Waals surface area contributed by atoms with Crippen LogP contribution in [0, 0.1) is 5.92 Å². The minimum Gasteiger partial charge on any atom is -0.481 e. The molecular weight excluding hydrogens is 182 g/mol. The monoisotopic (exact) mass is 199 g/mol. The highest BCUT2D eigenvalue weighted by Crippen LogP contribution is 2.24. The maximum Gasteiger partial charge on any atom is 0.308 e. The normalized spacial score (nSPS) is 28.5. The zero-order chi connectivity index (χ0) is 10.6. The van der Waals surface area contributed by atoms with Gasteiger partial charge in [-0.3, -0.25) is 9.79 Å². The first kappa shape index (κ1) is 10.8. The molecule has 2 unspecified atom stereocenters. The van der Waals surface area contributed by atoms with Crippen LogP contribution in [0.25, 0.3) is 0 Å². The fourth-order valence-corrected chi connectivity index (χ4v) is 1.85. The van der Waals surface area contributed by atoms with E-state index in [9.17, 15) is 4.79 Å². The Labute approximate surface area is 83.4 Å². The van der Waals surface area contributed by atoms with Crippen LogP contribution in [-0.2, 0) is 4.79 Å². The number of nitrogens with zero attached hydrogens (tertiary/aromatic N) is 1. The number of aliphatic imine (C=N–C) groups is 1. The van der Waals surface area contributed by atoms with E-state index in [0.717, 1.165) is 25.7 Å². The van der Waals surface area contributed by atoms with E-state index >= 15 is 0 Å². The largest absolute Gasteiger partial charge is 0.481 e. The number of carbonyl (C=O) groups is 1. The molecule has 5 heteroatoms. The highest BCUT2D eigenvalue weighted by atomic mass is 16.4. The Morgan fingerprint density at radius 2 is 2.14 bits per heavy atom. The molecule has 1 fully saturated rings. The minimum atomic E-state index is -0.744. The van der Waals surface area contributed by atoms with Crippen LogP contribution < -0.4 is 11.1 Å². The molecule has 14 heavy (non-hydrogen) atoms. The molecule has 80 valence electrons. The van der Waals surface area contributed by atoms with E-state index in [1.165, 1.54) is 0 Å². The van der Waals surface area contributed by atoms with Crippen LogP contribution in [0.5, 0.6) is 0 Å². The number of rotatable bonds is 2. The molecule has 4 N–H and O–H groups in total. The second-order valence-corrected chi connectivity index (χ2v) is 3.59. The molecule has 0 bridgehead atoms. The lowest BCUT2D eigenvalue weighted by molar-refractivity contribution is -0.143. The first-order chi connectivity index (χ1) is 6.65. The molecule has 1 rings (SSSR count). The Morgan fingerprint density at radius 1 is 1.50 bits per heavy atom. The Balaban J connectivity index is 2.58. The maximum atomic E-state index is 10.9. The summed E-state index contributed by atoms with van der Waals surface area (Å²) in [5.41, 5.74) is 5.51. The van der Waals surface area contributed by atoms with E-state index in [4.69, 9.17) is 10.8 Å². The Morgan fingerprint density at radius 3 is 2.71 bits per heavy atom. The topological polar surface area (TPSA) is 87.7 Å². The second kappa shape index (κ2) is 4.83. The minimum absolute atomic E-state index is 0.0649. The van der Waals surface area contributed by atoms with E-state index in [-0.39, 0.29) is 12.0 Å². The number of hydrogen-bond acceptors (Lipinski definition) is 2. The molecule has 5 nitrogen and oxygen atoms in total. The average Bonchev–Trinajstić information content (AvgIpc) is 2.18. The van der Waals surface area contributed by atoms with Crippen molar-refractivity contribution < 1.29 is 9.90 Å². The Kier molecular flexibility index (Phi) is 3.73. The van der Waals surface area contributed by atoms with Crippen molar-refractivity contribution in [3.8, 4) is 0 Å². The first-order valence-corrected chi connectivity index (χ1v) is 4.86. The van der Waals surface area contributed by atoms with Crippen LogP contribution in [0.2, 0.25) is 0 Å². The van der Waals surface area contributed by atoms with Crippen LogP contribution in [0.3, 0.4) is 0 Å². The highest BCUT2D eigenvalue weighted by Gasteiger charge is 2.30. The average molecular weight is 199 g/mol. The number of nitrogens with one attached hydrogen (secondary N) is 1. The zero-order valence-electron chi connectivity index (χ0n) is 8.36. The van der Waals surface area contributed by atoms with Crippen LogP contribution in [0.15, 0.2) is 4.99 Å². The molecule has 1 aliphatic carbocycles. The van der Waals surface area contributed by atoms with E-state index in [0.29, 0.717) is 5.96 Å². The van der Waals surface area contributed by atoms with Crippen molar-refractivity contribution in [1.82, 2.24) is 5.32 Å².